The number of halogens is 1. The Balaban J connectivity index is 2.32. The second kappa shape index (κ2) is 17.4. The number of carbonyl (C=O) groups is 3. The van der Waals surface area contributed by atoms with Crippen LogP contribution in [0.15, 0.2) is 24.3 Å². The van der Waals surface area contributed by atoms with E-state index in [1.54, 1.807) is 6.92 Å². The molecule has 0 aliphatic carbocycles. The maximum Gasteiger partial charge on any atom is 0.313 e. The number of nitrogens with one attached hydrogen (secondary N) is 1. The van der Waals surface area contributed by atoms with Gasteiger partial charge in [0.2, 0.25) is 0 Å². The molecule has 2 rings (SSSR count). The number of anilines is 1. The van der Waals surface area contributed by atoms with E-state index in [-0.39, 0.29) is 56.4 Å². The van der Waals surface area contributed by atoms with Gasteiger partial charge in [-0.3, -0.25) is 14.4 Å². The van der Waals surface area contributed by atoms with E-state index in [0.717, 1.165) is 41.9 Å². The molecule has 2 atom stereocenters. The Morgan fingerprint density at radius 2 is 1.59 bits per heavy atom. The van der Waals surface area contributed by atoms with E-state index in [9.17, 15) is 19.5 Å². The average molecular weight is 698 g/mol. The summed E-state index contributed by atoms with van der Waals surface area (Å²) in [5.74, 6) is -1.78. The number of aliphatic carboxylic acids is 2. The van der Waals surface area contributed by atoms with Gasteiger partial charge in [0, 0.05) is 28.2 Å². The second-order valence-electron chi connectivity index (χ2n) is 12.4. The summed E-state index contributed by atoms with van der Waals surface area (Å²) < 4.78 is 12.4. The van der Waals surface area contributed by atoms with Gasteiger partial charge in [-0.1, -0.05) is 72.2 Å². The van der Waals surface area contributed by atoms with Gasteiger partial charge in [-0.05, 0) is 48.6 Å². The van der Waals surface area contributed by atoms with E-state index in [1.165, 1.54) is 11.6 Å². The highest BCUT2D eigenvalue weighted by Gasteiger charge is 2.29. The van der Waals surface area contributed by atoms with Crippen molar-refractivity contribution in [2.24, 2.45) is 0 Å². The van der Waals surface area contributed by atoms with Gasteiger partial charge in [0.1, 0.15) is 18.1 Å². The first-order valence-electron chi connectivity index (χ1n) is 15.4. The number of phenols is 1. The Hall–Kier alpha value is -2.76. The fraction of sp³-hybridized carbons (Fsp3) is 0.559. The van der Waals surface area contributed by atoms with E-state index in [1.807, 2.05) is 13.0 Å². The standard InChI is InChI=1S/C34H48ClNO8S2/c1-9-25(44-26-13-12-21(33(5,6)10-2)14-23(26)34(7,8)11-3)32(42)36-24-15-27(20(4)30(35)31(24)41)43-16-22(46-19-29(39)40)17-45-18-28(37)38/h12-15,22,25,41H,9-11,16-19H2,1-8H3,(H,36,42)(H,37,38)(H,39,40). The summed E-state index contributed by atoms with van der Waals surface area (Å²) in [4.78, 5) is 35.6. The van der Waals surface area contributed by atoms with Crippen LogP contribution >= 0.6 is 35.1 Å². The Morgan fingerprint density at radius 1 is 0.957 bits per heavy atom. The highest BCUT2D eigenvalue weighted by atomic mass is 35.5. The third-order valence-electron chi connectivity index (χ3n) is 8.28. The number of thioether (sulfide) groups is 2. The fourth-order valence-corrected chi connectivity index (χ4v) is 6.48. The van der Waals surface area contributed by atoms with Crippen LogP contribution in [-0.2, 0) is 25.2 Å². The van der Waals surface area contributed by atoms with Crippen molar-refractivity contribution in [1.29, 1.82) is 0 Å². The molecule has 0 bridgehead atoms. The van der Waals surface area contributed by atoms with Gasteiger partial charge in [0.25, 0.3) is 5.91 Å². The highest BCUT2D eigenvalue weighted by molar-refractivity contribution is 8.04. The van der Waals surface area contributed by atoms with Crippen molar-refractivity contribution in [2.75, 3.05) is 29.2 Å². The normalized spacial score (nSPS) is 13.2. The summed E-state index contributed by atoms with van der Waals surface area (Å²) in [7, 11) is 0. The van der Waals surface area contributed by atoms with Crippen molar-refractivity contribution in [3.8, 4) is 17.2 Å². The zero-order valence-electron chi connectivity index (χ0n) is 28.0. The molecule has 0 saturated carbocycles. The molecule has 2 aromatic rings. The lowest BCUT2D eigenvalue weighted by Gasteiger charge is -2.31. The highest BCUT2D eigenvalue weighted by Crippen LogP contribution is 2.42. The number of ether oxygens (including phenoxy) is 2. The average Bonchev–Trinajstić information content (AvgIpc) is 3.01. The lowest BCUT2D eigenvalue weighted by atomic mass is 9.76. The molecule has 0 aromatic heterocycles. The van der Waals surface area contributed by atoms with E-state index in [0.29, 0.717) is 23.5 Å². The molecule has 12 heteroatoms. The van der Waals surface area contributed by atoms with Crippen LogP contribution in [0.3, 0.4) is 0 Å². The third kappa shape index (κ3) is 10.9. The molecule has 0 heterocycles. The smallest absolute Gasteiger partial charge is 0.313 e. The third-order valence-corrected chi connectivity index (χ3v) is 11.2. The molecule has 2 unspecified atom stereocenters. The summed E-state index contributed by atoms with van der Waals surface area (Å²) in [6, 6.07) is 7.65. The summed E-state index contributed by atoms with van der Waals surface area (Å²) in [6.07, 6.45) is 1.33. The zero-order chi connectivity index (χ0) is 34.8. The van der Waals surface area contributed by atoms with Crippen LogP contribution in [0.2, 0.25) is 5.02 Å². The summed E-state index contributed by atoms with van der Waals surface area (Å²) in [6.45, 7) is 16.6. The first kappa shape index (κ1) is 39.4. The van der Waals surface area contributed by atoms with Gasteiger partial charge >= 0.3 is 11.9 Å². The van der Waals surface area contributed by atoms with Crippen LogP contribution in [0.25, 0.3) is 0 Å². The number of aromatic hydroxyl groups is 1. The molecule has 0 spiro atoms. The molecule has 0 aliphatic rings. The van der Waals surface area contributed by atoms with Crippen molar-refractivity contribution in [3.63, 3.8) is 0 Å². The van der Waals surface area contributed by atoms with E-state index in [4.69, 9.17) is 31.3 Å². The molecule has 1 amide bonds. The van der Waals surface area contributed by atoms with Gasteiger partial charge in [0.05, 0.1) is 22.2 Å². The van der Waals surface area contributed by atoms with Gasteiger partial charge in [-0.2, -0.15) is 0 Å². The van der Waals surface area contributed by atoms with Crippen LogP contribution in [0.4, 0.5) is 5.69 Å². The quantitative estimate of drug-likeness (QED) is 0.107. The van der Waals surface area contributed by atoms with Crippen molar-refractivity contribution >= 4 is 58.7 Å². The summed E-state index contributed by atoms with van der Waals surface area (Å²) in [5, 5.41) is 31.3. The van der Waals surface area contributed by atoms with Crippen molar-refractivity contribution in [3.05, 3.63) is 46.0 Å². The Bertz CT molecular complexity index is 1380. The minimum atomic E-state index is -0.995. The van der Waals surface area contributed by atoms with Crippen LogP contribution in [0.1, 0.15) is 84.4 Å². The minimum absolute atomic E-state index is 0.00197. The van der Waals surface area contributed by atoms with E-state index >= 15 is 0 Å². The topological polar surface area (TPSA) is 142 Å². The SMILES string of the molecule is CCC(Oc1ccc(C(C)(C)CC)cc1C(C)(C)CC)C(=O)Nc1cc(OCC(CSCC(=O)O)SCC(=O)O)c(C)c(Cl)c1O. The van der Waals surface area contributed by atoms with Gasteiger partial charge < -0.3 is 30.1 Å². The maximum absolute atomic E-state index is 13.6. The maximum atomic E-state index is 13.6. The molecule has 46 heavy (non-hydrogen) atoms. The van der Waals surface area contributed by atoms with Gasteiger partial charge in [-0.25, -0.2) is 0 Å². The monoisotopic (exact) mass is 697 g/mol. The number of rotatable bonds is 19. The number of carboxylic acid groups (broad SMARTS) is 2. The summed E-state index contributed by atoms with van der Waals surface area (Å²) in [5.41, 5.74) is 2.48. The van der Waals surface area contributed by atoms with Crippen LogP contribution in [-0.4, -0.2) is 68.4 Å². The van der Waals surface area contributed by atoms with Crippen LogP contribution < -0.4 is 14.8 Å². The predicted octanol–water partition coefficient (Wildman–Crippen LogP) is 7.91. The van der Waals surface area contributed by atoms with Crippen LogP contribution in [0.5, 0.6) is 17.2 Å². The Morgan fingerprint density at radius 3 is 2.15 bits per heavy atom. The number of hydrogen-bond donors (Lipinski definition) is 4. The molecular formula is C34H48ClNO8S2. The van der Waals surface area contributed by atoms with Crippen LogP contribution in [0, 0.1) is 6.92 Å². The molecule has 0 saturated heterocycles. The molecule has 2 aromatic carbocycles. The lowest BCUT2D eigenvalue weighted by Crippen LogP contribution is -2.33. The number of carboxylic acids is 2. The molecule has 9 nitrogen and oxygen atoms in total. The predicted molar refractivity (Wildman–Crippen MR) is 189 cm³/mol. The number of carbonyl (C=O) groups excluding carboxylic acids is 1. The van der Waals surface area contributed by atoms with Crippen molar-refractivity contribution in [1.82, 2.24) is 0 Å². The molecule has 0 fully saturated rings. The number of benzene rings is 2. The number of amides is 1. The Kier molecular flexibility index (Phi) is 14.9. The largest absolute Gasteiger partial charge is 0.504 e. The van der Waals surface area contributed by atoms with E-state index in [2.05, 4.69) is 59.0 Å². The molecule has 0 aliphatic heterocycles. The molecular weight excluding hydrogens is 650 g/mol. The summed E-state index contributed by atoms with van der Waals surface area (Å²) >= 11 is 8.73. The number of phenolic OH excluding ortho intramolecular Hbond substituents is 1. The first-order chi connectivity index (χ1) is 21.5. The minimum Gasteiger partial charge on any atom is -0.504 e. The second-order valence-corrected chi connectivity index (χ2v) is 15.1. The number of hydrogen-bond acceptors (Lipinski definition) is 8. The molecule has 0 radical (unpaired) electrons. The van der Waals surface area contributed by atoms with Crippen molar-refractivity contribution in [2.45, 2.75) is 96.8 Å². The van der Waals surface area contributed by atoms with E-state index < -0.39 is 23.9 Å². The zero-order valence-corrected chi connectivity index (χ0v) is 30.4. The lowest BCUT2D eigenvalue weighted by molar-refractivity contribution is -0.135. The van der Waals surface area contributed by atoms with Gasteiger partial charge in [-0.15, -0.1) is 23.5 Å². The molecule has 256 valence electrons. The molecule has 4 N–H and O–H groups in total. The Labute approximate surface area is 286 Å². The first-order valence-corrected chi connectivity index (χ1v) is 18.0. The van der Waals surface area contributed by atoms with Crippen molar-refractivity contribution < 1.29 is 39.2 Å². The fourth-order valence-electron chi connectivity index (χ4n) is 4.42. The van der Waals surface area contributed by atoms with Gasteiger partial charge in [0.15, 0.2) is 11.9 Å².